The Morgan fingerprint density at radius 1 is 1.32 bits per heavy atom. The number of nitrogens with zero attached hydrogens (tertiary/aromatic N) is 4. The Bertz CT molecular complexity index is 822. The van der Waals surface area contributed by atoms with E-state index in [1.807, 2.05) is 31.5 Å². The Labute approximate surface area is 155 Å². The van der Waals surface area contributed by atoms with Crippen LogP contribution in [0.3, 0.4) is 0 Å². The molecule has 0 aliphatic rings. The van der Waals surface area contributed by atoms with Crippen LogP contribution in [0.1, 0.15) is 23.3 Å². The summed E-state index contributed by atoms with van der Waals surface area (Å²) < 4.78 is 5.55. The normalized spacial score (nSPS) is 11.7. The highest BCUT2D eigenvalue weighted by atomic mass is 32.1. The number of aryl methyl sites for hydroxylation is 1. The molecule has 132 valence electrons. The van der Waals surface area contributed by atoms with Gasteiger partial charge in [0.25, 0.3) is 0 Å². The number of aromatic nitrogens is 2. The smallest absolute Gasteiger partial charge is 0.236 e. The molecule has 3 heterocycles. The van der Waals surface area contributed by atoms with Gasteiger partial charge in [-0.3, -0.25) is 0 Å². The predicted octanol–water partition coefficient (Wildman–Crippen LogP) is 3.77. The quantitative estimate of drug-likeness (QED) is 0.525. The van der Waals surface area contributed by atoms with Gasteiger partial charge >= 0.3 is 0 Å². The molecule has 0 fully saturated rings. The Morgan fingerprint density at radius 2 is 2.20 bits per heavy atom. The Kier molecular flexibility index (Phi) is 5.83. The second-order valence-electron chi connectivity index (χ2n) is 5.51. The van der Waals surface area contributed by atoms with Gasteiger partial charge in [-0.1, -0.05) is 6.07 Å². The maximum atomic E-state index is 5.55. The van der Waals surface area contributed by atoms with E-state index in [4.69, 9.17) is 4.42 Å². The van der Waals surface area contributed by atoms with Gasteiger partial charge in [0.2, 0.25) is 5.89 Å². The summed E-state index contributed by atoms with van der Waals surface area (Å²) >= 11 is 3.27. The number of hydrogen-bond donors (Lipinski definition) is 1. The van der Waals surface area contributed by atoms with E-state index in [9.17, 15) is 0 Å². The predicted molar refractivity (Wildman–Crippen MR) is 103 cm³/mol. The minimum Gasteiger partial charge on any atom is -0.443 e. The summed E-state index contributed by atoms with van der Waals surface area (Å²) in [6, 6.07) is 3.98. The van der Waals surface area contributed by atoms with Crippen LogP contribution in [-0.2, 0) is 13.1 Å². The van der Waals surface area contributed by atoms with Crippen molar-refractivity contribution in [2.45, 2.75) is 26.9 Å². The minimum absolute atomic E-state index is 0.470. The lowest BCUT2D eigenvalue weighted by molar-refractivity contribution is 0.470. The molecule has 0 spiro atoms. The SMILES string of the molecule is CCNC(=NCc1coc(-c2cccs2)n1)N(C)Cc1csc(C)n1. The molecule has 0 radical (unpaired) electrons. The largest absolute Gasteiger partial charge is 0.443 e. The fraction of sp³-hybridized carbons (Fsp3) is 0.353. The Hall–Kier alpha value is -2.19. The van der Waals surface area contributed by atoms with Crippen molar-refractivity contribution in [3.8, 4) is 10.8 Å². The number of hydrogen-bond acceptors (Lipinski definition) is 6. The van der Waals surface area contributed by atoms with Crippen molar-refractivity contribution in [2.75, 3.05) is 13.6 Å². The molecule has 25 heavy (non-hydrogen) atoms. The molecule has 0 unspecified atom stereocenters. The lowest BCUT2D eigenvalue weighted by atomic mass is 10.4. The molecule has 1 N–H and O–H groups in total. The standard InChI is InChI=1S/C17H21N5OS2/c1-4-18-17(22(3)9-14-11-25-12(2)20-14)19-8-13-10-23-16(21-13)15-6-5-7-24-15/h5-7,10-11H,4,8-9H2,1-3H3,(H,18,19). The summed E-state index contributed by atoms with van der Waals surface area (Å²) in [6.45, 7) is 6.07. The fourth-order valence-electron chi connectivity index (χ4n) is 2.32. The molecule has 8 heteroatoms. The first-order chi connectivity index (χ1) is 12.2. The lowest BCUT2D eigenvalue weighted by Gasteiger charge is -2.20. The van der Waals surface area contributed by atoms with Crippen LogP contribution in [0.25, 0.3) is 10.8 Å². The van der Waals surface area contributed by atoms with Crippen LogP contribution in [0, 0.1) is 6.92 Å². The highest BCUT2D eigenvalue weighted by Gasteiger charge is 2.10. The zero-order chi connectivity index (χ0) is 17.6. The van der Waals surface area contributed by atoms with E-state index in [-0.39, 0.29) is 0 Å². The van der Waals surface area contributed by atoms with Gasteiger partial charge in [0, 0.05) is 19.0 Å². The average Bonchev–Trinajstić information content (AvgIpc) is 3.33. The van der Waals surface area contributed by atoms with Gasteiger partial charge in [-0.25, -0.2) is 15.0 Å². The van der Waals surface area contributed by atoms with Crippen molar-refractivity contribution in [3.05, 3.63) is 45.6 Å². The Balaban J connectivity index is 1.67. The number of thiophene rings is 1. The van der Waals surface area contributed by atoms with Crippen molar-refractivity contribution in [3.63, 3.8) is 0 Å². The van der Waals surface area contributed by atoms with Gasteiger partial charge < -0.3 is 14.6 Å². The Morgan fingerprint density at radius 3 is 2.88 bits per heavy atom. The highest BCUT2D eigenvalue weighted by Crippen LogP contribution is 2.23. The zero-order valence-electron chi connectivity index (χ0n) is 14.5. The third kappa shape index (κ3) is 4.67. The van der Waals surface area contributed by atoms with Gasteiger partial charge in [-0.05, 0) is 25.3 Å². The van der Waals surface area contributed by atoms with Crippen molar-refractivity contribution in [2.24, 2.45) is 4.99 Å². The van der Waals surface area contributed by atoms with Crippen molar-refractivity contribution in [1.29, 1.82) is 0 Å². The topological polar surface area (TPSA) is 66.6 Å². The first kappa shape index (κ1) is 17.6. The number of aliphatic imine (C=N–C) groups is 1. The van der Waals surface area contributed by atoms with Crippen molar-refractivity contribution in [1.82, 2.24) is 20.2 Å². The molecule has 6 nitrogen and oxygen atoms in total. The monoisotopic (exact) mass is 375 g/mol. The maximum absolute atomic E-state index is 5.55. The van der Waals surface area contributed by atoms with Crippen LogP contribution < -0.4 is 5.32 Å². The van der Waals surface area contributed by atoms with E-state index in [1.165, 1.54) is 0 Å². The van der Waals surface area contributed by atoms with E-state index >= 15 is 0 Å². The average molecular weight is 376 g/mol. The summed E-state index contributed by atoms with van der Waals surface area (Å²) in [6.07, 6.45) is 1.67. The molecule has 0 bridgehead atoms. The molecule has 3 rings (SSSR count). The third-order valence-corrected chi connectivity index (χ3v) is 5.12. The lowest BCUT2D eigenvalue weighted by Crippen LogP contribution is -2.38. The highest BCUT2D eigenvalue weighted by molar-refractivity contribution is 7.13. The van der Waals surface area contributed by atoms with Gasteiger partial charge in [-0.2, -0.15) is 0 Å². The van der Waals surface area contributed by atoms with Crippen LogP contribution in [-0.4, -0.2) is 34.4 Å². The van der Waals surface area contributed by atoms with Crippen molar-refractivity contribution >= 4 is 28.6 Å². The molecule has 0 aromatic carbocycles. The molecule has 0 aliphatic heterocycles. The first-order valence-electron chi connectivity index (χ1n) is 8.04. The van der Waals surface area contributed by atoms with Crippen molar-refractivity contribution < 1.29 is 4.42 Å². The van der Waals surface area contributed by atoms with Gasteiger partial charge in [0.1, 0.15) is 12.0 Å². The second-order valence-corrected chi connectivity index (χ2v) is 7.52. The molecule has 0 saturated heterocycles. The number of guanidine groups is 1. The zero-order valence-corrected chi connectivity index (χ0v) is 16.2. The third-order valence-electron chi connectivity index (χ3n) is 3.44. The summed E-state index contributed by atoms with van der Waals surface area (Å²) in [7, 11) is 2.01. The van der Waals surface area contributed by atoms with Gasteiger partial charge in [0.05, 0.1) is 28.7 Å². The molecule has 0 amide bonds. The van der Waals surface area contributed by atoms with E-state index < -0.39 is 0 Å². The molecule has 0 aliphatic carbocycles. The summed E-state index contributed by atoms with van der Waals surface area (Å²) in [5.74, 6) is 1.48. The minimum atomic E-state index is 0.470. The van der Waals surface area contributed by atoms with E-state index in [2.05, 4.69) is 37.5 Å². The van der Waals surface area contributed by atoms with E-state index in [1.54, 1.807) is 28.9 Å². The summed E-state index contributed by atoms with van der Waals surface area (Å²) in [5.41, 5.74) is 1.87. The maximum Gasteiger partial charge on any atom is 0.236 e. The van der Waals surface area contributed by atoms with E-state index in [0.29, 0.717) is 12.4 Å². The van der Waals surface area contributed by atoms with Crippen LogP contribution in [0.2, 0.25) is 0 Å². The van der Waals surface area contributed by atoms with Gasteiger partial charge in [-0.15, -0.1) is 22.7 Å². The fourth-order valence-corrected chi connectivity index (χ4v) is 3.58. The molecule has 3 aromatic heterocycles. The number of rotatable bonds is 6. The molecular formula is C17H21N5OS2. The summed E-state index contributed by atoms with van der Waals surface area (Å²) in [5, 5.41) is 8.48. The van der Waals surface area contributed by atoms with E-state index in [0.717, 1.165) is 40.3 Å². The number of thiazole rings is 1. The molecule has 0 atom stereocenters. The van der Waals surface area contributed by atoms with Gasteiger partial charge in [0.15, 0.2) is 5.96 Å². The van der Waals surface area contributed by atoms with Crippen LogP contribution >= 0.6 is 22.7 Å². The molecule has 0 saturated carbocycles. The summed E-state index contributed by atoms with van der Waals surface area (Å²) in [4.78, 5) is 16.8. The number of oxazole rings is 1. The second kappa shape index (κ2) is 8.26. The van der Waals surface area contributed by atoms with Crippen LogP contribution in [0.5, 0.6) is 0 Å². The van der Waals surface area contributed by atoms with Crippen LogP contribution in [0.15, 0.2) is 38.6 Å². The molecule has 3 aromatic rings. The number of nitrogens with one attached hydrogen (secondary N) is 1. The molecular weight excluding hydrogens is 354 g/mol. The van der Waals surface area contributed by atoms with Crippen LogP contribution in [0.4, 0.5) is 0 Å². The first-order valence-corrected chi connectivity index (χ1v) is 9.80.